The SMILES string of the molecule is Cc1cc(C(F)(C(F)(F)F)C(F)(F)F)cc(C)c1-n1cc(Br)cn1. The van der Waals surface area contributed by atoms with Gasteiger partial charge in [0.15, 0.2) is 0 Å². The van der Waals surface area contributed by atoms with Crippen LogP contribution in [0, 0.1) is 13.8 Å². The molecule has 1 aromatic carbocycles. The third-order valence-corrected chi connectivity index (χ3v) is 3.86. The summed E-state index contributed by atoms with van der Waals surface area (Å²) in [5.41, 5.74) is -6.63. The minimum atomic E-state index is -6.14. The van der Waals surface area contributed by atoms with Gasteiger partial charge in [-0.2, -0.15) is 31.4 Å². The van der Waals surface area contributed by atoms with Crippen LogP contribution in [0.25, 0.3) is 5.69 Å². The fraction of sp³-hybridized carbons (Fsp3) is 0.357. The lowest BCUT2D eigenvalue weighted by Crippen LogP contribution is -2.50. The van der Waals surface area contributed by atoms with Crippen LogP contribution in [0.5, 0.6) is 0 Å². The summed E-state index contributed by atoms with van der Waals surface area (Å²) in [5.74, 6) is 0. The molecule has 132 valence electrons. The van der Waals surface area contributed by atoms with E-state index in [0.717, 1.165) is 0 Å². The molecule has 0 bridgehead atoms. The van der Waals surface area contributed by atoms with Crippen LogP contribution in [0.1, 0.15) is 16.7 Å². The smallest absolute Gasteiger partial charge is 0.239 e. The topological polar surface area (TPSA) is 17.8 Å². The maximum atomic E-state index is 14.2. The molecule has 0 amide bonds. The summed E-state index contributed by atoms with van der Waals surface area (Å²) in [6.45, 7) is 2.57. The lowest BCUT2D eigenvalue weighted by Gasteiger charge is -2.31. The lowest BCUT2D eigenvalue weighted by atomic mass is 9.90. The van der Waals surface area contributed by atoms with Gasteiger partial charge in [0.2, 0.25) is 0 Å². The normalized spacial score (nSPS) is 13.4. The van der Waals surface area contributed by atoms with Crippen molar-refractivity contribution in [3.8, 4) is 5.69 Å². The first kappa shape index (κ1) is 18.8. The first-order chi connectivity index (χ1) is 10.8. The number of hydrogen-bond donors (Lipinski definition) is 0. The molecule has 0 atom stereocenters. The summed E-state index contributed by atoms with van der Waals surface area (Å²) in [4.78, 5) is 0. The van der Waals surface area contributed by atoms with Crippen molar-refractivity contribution in [2.45, 2.75) is 31.9 Å². The van der Waals surface area contributed by atoms with Crippen LogP contribution in [-0.4, -0.2) is 22.1 Å². The van der Waals surface area contributed by atoms with Gasteiger partial charge in [-0.25, -0.2) is 9.07 Å². The van der Waals surface area contributed by atoms with Gasteiger partial charge in [0.25, 0.3) is 0 Å². The number of aryl methyl sites for hydroxylation is 2. The van der Waals surface area contributed by atoms with Gasteiger partial charge in [-0.15, -0.1) is 0 Å². The Bertz CT molecular complexity index is 724. The van der Waals surface area contributed by atoms with E-state index in [-0.39, 0.29) is 16.8 Å². The van der Waals surface area contributed by atoms with Crippen LogP contribution in [0.15, 0.2) is 29.0 Å². The number of aromatic nitrogens is 2. The van der Waals surface area contributed by atoms with E-state index in [1.807, 2.05) is 0 Å². The molecule has 0 saturated heterocycles. The van der Waals surface area contributed by atoms with E-state index in [1.165, 1.54) is 30.9 Å². The second-order valence-corrected chi connectivity index (χ2v) is 6.13. The molecule has 0 aliphatic heterocycles. The fourth-order valence-corrected chi connectivity index (χ4v) is 2.71. The average molecular weight is 419 g/mol. The highest BCUT2D eigenvalue weighted by atomic mass is 79.9. The molecule has 24 heavy (non-hydrogen) atoms. The summed E-state index contributed by atoms with van der Waals surface area (Å²) < 4.78 is 93.1. The molecule has 0 N–H and O–H groups in total. The standard InChI is InChI=1S/C14H10BrF7N2/c1-7-3-9(12(16,13(17,18)19)14(20,21)22)4-8(2)11(7)24-6-10(15)5-23-24/h3-6H,1-2H3. The van der Waals surface area contributed by atoms with Crippen molar-refractivity contribution in [1.82, 2.24) is 9.78 Å². The minimum Gasteiger partial charge on any atom is -0.239 e. The van der Waals surface area contributed by atoms with Crippen molar-refractivity contribution in [3.05, 3.63) is 45.7 Å². The zero-order valence-electron chi connectivity index (χ0n) is 12.2. The second kappa shape index (κ2) is 5.75. The van der Waals surface area contributed by atoms with E-state index in [0.29, 0.717) is 16.6 Å². The molecular formula is C14H10BrF7N2. The van der Waals surface area contributed by atoms with E-state index in [9.17, 15) is 30.7 Å². The van der Waals surface area contributed by atoms with Crippen molar-refractivity contribution in [3.63, 3.8) is 0 Å². The maximum absolute atomic E-state index is 14.2. The van der Waals surface area contributed by atoms with Crippen molar-refractivity contribution in [2.75, 3.05) is 0 Å². The van der Waals surface area contributed by atoms with Gasteiger partial charge in [0, 0.05) is 11.8 Å². The Kier molecular flexibility index (Phi) is 4.49. The fourth-order valence-electron chi connectivity index (χ4n) is 2.43. The summed E-state index contributed by atoms with van der Waals surface area (Å²) in [7, 11) is 0. The number of hydrogen-bond acceptors (Lipinski definition) is 1. The van der Waals surface area contributed by atoms with Crippen LogP contribution in [-0.2, 0) is 5.67 Å². The van der Waals surface area contributed by atoms with Gasteiger partial charge in [0.1, 0.15) is 0 Å². The molecule has 2 aromatic rings. The molecule has 2 rings (SSSR count). The molecule has 10 heteroatoms. The third kappa shape index (κ3) is 2.91. The molecule has 1 heterocycles. The molecule has 0 aliphatic carbocycles. The van der Waals surface area contributed by atoms with E-state index < -0.39 is 23.6 Å². The molecule has 0 unspecified atom stereocenters. The quantitative estimate of drug-likeness (QED) is 0.585. The van der Waals surface area contributed by atoms with Crippen LogP contribution < -0.4 is 0 Å². The predicted octanol–water partition coefficient (Wildman–Crippen LogP) is 5.54. The molecule has 2 nitrogen and oxygen atoms in total. The Hall–Kier alpha value is -1.58. The first-order valence-electron chi connectivity index (χ1n) is 6.43. The Morgan fingerprint density at radius 1 is 0.917 bits per heavy atom. The lowest BCUT2D eigenvalue weighted by molar-refractivity contribution is -0.348. The summed E-state index contributed by atoms with van der Waals surface area (Å²) in [6.07, 6.45) is -9.40. The highest BCUT2D eigenvalue weighted by Crippen LogP contribution is 2.53. The number of alkyl halides is 7. The highest BCUT2D eigenvalue weighted by Gasteiger charge is 2.73. The van der Waals surface area contributed by atoms with Crippen molar-refractivity contribution in [2.24, 2.45) is 0 Å². The van der Waals surface area contributed by atoms with Gasteiger partial charge in [0.05, 0.1) is 16.4 Å². The number of halogens is 8. The van der Waals surface area contributed by atoms with Crippen molar-refractivity contribution in [1.29, 1.82) is 0 Å². The van der Waals surface area contributed by atoms with Gasteiger partial charge in [-0.05, 0) is 40.9 Å². The van der Waals surface area contributed by atoms with Crippen LogP contribution in [0.4, 0.5) is 30.7 Å². The Morgan fingerprint density at radius 3 is 1.71 bits per heavy atom. The zero-order chi connectivity index (χ0) is 18.5. The Balaban J connectivity index is 2.69. The Labute approximate surface area is 140 Å². The minimum absolute atomic E-state index is 0.0242. The van der Waals surface area contributed by atoms with E-state index in [2.05, 4.69) is 21.0 Å². The molecule has 0 aliphatic rings. The summed E-state index contributed by atoms with van der Waals surface area (Å²) in [5, 5.41) is 3.93. The molecular weight excluding hydrogens is 409 g/mol. The van der Waals surface area contributed by atoms with Crippen molar-refractivity contribution >= 4 is 15.9 Å². The largest absolute Gasteiger partial charge is 0.435 e. The van der Waals surface area contributed by atoms with E-state index >= 15 is 0 Å². The van der Waals surface area contributed by atoms with Gasteiger partial charge in [-0.1, -0.05) is 12.1 Å². The molecule has 0 saturated carbocycles. The average Bonchev–Trinajstić information content (AvgIpc) is 2.80. The Morgan fingerprint density at radius 2 is 1.38 bits per heavy atom. The molecule has 0 radical (unpaired) electrons. The van der Waals surface area contributed by atoms with Crippen molar-refractivity contribution < 1.29 is 30.7 Å². The number of benzene rings is 1. The molecule has 1 aromatic heterocycles. The van der Waals surface area contributed by atoms with Crippen LogP contribution >= 0.6 is 15.9 Å². The van der Waals surface area contributed by atoms with Gasteiger partial charge < -0.3 is 0 Å². The van der Waals surface area contributed by atoms with Crippen LogP contribution in [0.2, 0.25) is 0 Å². The van der Waals surface area contributed by atoms with E-state index in [4.69, 9.17) is 0 Å². The third-order valence-electron chi connectivity index (χ3n) is 3.45. The van der Waals surface area contributed by atoms with E-state index in [1.54, 1.807) is 0 Å². The molecule has 0 spiro atoms. The highest BCUT2D eigenvalue weighted by molar-refractivity contribution is 9.10. The monoisotopic (exact) mass is 418 g/mol. The maximum Gasteiger partial charge on any atom is 0.435 e. The van der Waals surface area contributed by atoms with Gasteiger partial charge >= 0.3 is 18.0 Å². The van der Waals surface area contributed by atoms with Crippen LogP contribution in [0.3, 0.4) is 0 Å². The first-order valence-corrected chi connectivity index (χ1v) is 7.23. The predicted molar refractivity (Wildman–Crippen MR) is 75.6 cm³/mol. The zero-order valence-corrected chi connectivity index (χ0v) is 13.8. The number of rotatable bonds is 2. The van der Waals surface area contributed by atoms with Gasteiger partial charge in [-0.3, -0.25) is 0 Å². The summed E-state index contributed by atoms with van der Waals surface area (Å²) >= 11 is 3.14. The number of nitrogens with zero attached hydrogens (tertiary/aromatic N) is 2. The molecule has 0 fully saturated rings. The second-order valence-electron chi connectivity index (χ2n) is 5.22. The summed E-state index contributed by atoms with van der Waals surface area (Å²) in [6, 6.07) is 1.08.